The molecule has 0 saturated carbocycles. The van der Waals surface area contributed by atoms with Gasteiger partial charge in [-0.3, -0.25) is 29.9 Å². The Kier molecular flexibility index (Phi) is 26.2. The first-order valence-electron chi connectivity index (χ1n) is 43.8. The fraction of sp³-hybridized carbons (Fsp3) is 0.0536. The third-order valence-electron chi connectivity index (χ3n) is 21.7. The van der Waals surface area contributed by atoms with E-state index in [0.717, 1.165) is 128 Å². The Hall–Kier alpha value is -18.2. The van der Waals surface area contributed by atoms with Crippen LogP contribution in [0.15, 0.2) is 394 Å². The average Bonchev–Trinajstić information content (AvgIpc) is 1.62. The number of rotatable bonds is 12. The van der Waals surface area contributed by atoms with Gasteiger partial charge in [0.25, 0.3) is 0 Å². The number of fused-ring (bicyclic) bond motifs is 8. The minimum atomic E-state index is 0.564. The molecule has 136 heavy (non-hydrogen) atoms. The lowest BCUT2D eigenvalue weighted by molar-refractivity contribution is 0.669. The summed E-state index contributed by atoms with van der Waals surface area (Å²) in [6, 6.07) is 109. The minimum absolute atomic E-state index is 0.564. The topological polar surface area (TPSA) is 297 Å². The fourth-order valence-corrected chi connectivity index (χ4v) is 16.3. The number of para-hydroxylation sites is 3. The van der Waals surface area contributed by atoms with E-state index in [1.54, 1.807) is 62.0 Å². The number of aryl methyl sites for hydroxylation is 6. The molecule has 0 radical (unpaired) electrons. The number of thiophene rings is 1. The lowest BCUT2D eigenvalue weighted by Gasteiger charge is -2.09. The highest BCUT2D eigenvalue weighted by Gasteiger charge is 2.19. The van der Waals surface area contributed by atoms with Crippen LogP contribution in [0.3, 0.4) is 0 Å². The molecule has 0 N–H and O–H groups in total. The lowest BCUT2D eigenvalue weighted by Crippen LogP contribution is -2.01. The summed E-state index contributed by atoms with van der Waals surface area (Å²) >= 11 is 1.84. The highest BCUT2D eigenvalue weighted by molar-refractivity contribution is 7.25. The zero-order valence-corrected chi connectivity index (χ0v) is 75.4. The molecule has 0 aliphatic rings. The van der Waals surface area contributed by atoms with Crippen LogP contribution < -0.4 is 0 Å². The third kappa shape index (κ3) is 20.7. The standard InChI is InChI=1S/C28H21N3.C21H14N2O.C21H14N2S.3C14H11N5/c1-20-12-14-24(15-13-20)27-29-26(23-10-6-3-7-11-23)30-28(31-27)25-18-16-22(17-19-25)21-8-4-2-5-9-21;2*1-13-22-18-8-4-2-7-16(18)21(23-13)14-10-11-20-17(12-14)15-6-3-5-9-19(15)24-20;1-10-17-13(11-2-6-15-7-3-11)19-14(18-10)12-4-8-16-9-5-12;1-10-17-13(11-4-2-6-15-8-11)19-14(18-10)12-5-3-7-16-9-12;1-10-17-13(11-6-2-4-8-15-11)19-14(18-10)12-7-3-5-9-16-12/h2-19H,1H3;2*2-12H,1H3;3*2-9H,1H3. The zero-order valence-electron chi connectivity index (χ0n) is 74.6. The van der Waals surface area contributed by atoms with Gasteiger partial charge >= 0.3 is 0 Å². The van der Waals surface area contributed by atoms with E-state index >= 15 is 0 Å². The second-order valence-electron chi connectivity index (χ2n) is 31.3. The van der Waals surface area contributed by atoms with Gasteiger partial charge in [-0.2, -0.15) is 0 Å². The Morgan fingerprint density at radius 2 is 0.544 bits per heavy atom. The number of nitrogens with zero attached hydrogens (tertiary/aromatic N) is 22. The van der Waals surface area contributed by atoms with Crippen LogP contribution in [0.1, 0.15) is 34.7 Å². The largest absolute Gasteiger partial charge is 0.456 e. The van der Waals surface area contributed by atoms with Gasteiger partial charge in [0.15, 0.2) is 52.4 Å². The van der Waals surface area contributed by atoms with E-state index < -0.39 is 0 Å². The summed E-state index contributed by atoms with van der Waals surface area (Å²) < 4.78 is 8.56. The Balaban J connectivity index is 0.000000106. The van der Waals surface area contributed by atoms with Crippen molar-refractivity contribution in [1.29, 1.82) is 0 Å². The summed E-state index contributed by atoms with van der Waals surface area (Å²) in [6.07, 6.45) is 17.2. The molecule has 24 rings (SSSR count). The van der Waals surface area contributed by atoms with E-state index in [2.05, 4.69) is 237 Å². The molecule has 0 atom stereocenters. The van der Waals surface area contributed by atoms with Crippen LogP contribution in [0.2, 0.25) is 0 Å². The van der Waals surface area contributed by atoms with Gasteiger partial charge in [0.2, 0.25) is 0 Å². The SMILES string of the molecule is Cc1ccc(-c2nc(-c3ccccc3)nc(-c3ccc(-c4ccccc4)cc3)n2)cc1.Cc1nc(-c2ccc3oc4ccccc4c3c2)c2ccccc2n1.Cc1nc(-c2ccc3sc4ccccc4c3c2)c2ccccc2n1.Cc1nc(-c2ccccn2)nc(-c2ccccn2)n1.Cc1nc(-c2cccnc2)nc(-c2cccnc2)n1.Cc1nc(-c2ccncc2)nc(-c2ccncc2)n1. The van der Waals surface area contributed by atoms with E-state index in [-0.39, 0.29) is 0 Å². The van der Waals surface area contributed by atoms with Crippen LogP contribution in [0.5, 0.6) is 0 Å². The van der Waals surface area contributed by atoms with Crippen molar-refractivity contribution in [2.24, 2.45) is 0 Å². The molecule has 24 heteroatoms. The number of pyridine rings is 6. The molecule has 14 aromatic heterocycles. The maximum absolute atomic E-state index is 5.92. The van der Waals surface area contributed by atoms with Gasteiger partial charge in [-0.15, -0.1) is 11.3 Å². The van der Waals surface area contributed by atoms with E-state index in [1.165, 1.54) is 36.9 Å². The maximum atomic E-state index is 5.92. The van der Waals surface area contributed by atoms with Crippen molar-refractivity contribution >= 4 is 75.3 Å². The van der Waals surface area contributed by atoms with Crippen molar-refractivity contribution in [3.05, 3.63) is 424 Å². The van der Waals surface area contributed by atoms with E-state index in [4.69, 9.17) is 29.3 Å². The van der Waals surface area contributed by atoms with Crippen LogP contribution in [0.4, 0.5) is 0 Å². The Morgan fingerprint density at radius 1 is 0.199 bits per heavy atom. The first kappa shape index (κ1) is 87.2. The molecule has 0 saturated heterocycles. The summed E-state index contributed by atoms with van der Waals surface area (Å²) in [7, 11) is 0. The van der Waals surface area contributed by atoms with Crippen molar-refractivity contribution in [3.8, 4) is 136 Å². The van der Waals surface area contributed by atoms with Gasteiger partial charge in [0.05, 0.1) is 22.4 Å². The van der Waals surface area contributed by atoms with E-state index in [1.807, 2.05) is 228 Å². The molecular weight excluding hydrogens is 1700 g/mol. The van der Waals surface area contributed by atoms with Crippen LogP contribution in [-0.2, 0) is 0 Å². The Bertz CT molecular complexity index is 7610. The highest BCUT2D eigenvalue weighted by atomic mass is 32.1. The van der Waals surface area contributed by atoms with Gasteiger partial charge in [0, 0.05) is 154 Å². The smallest absolute Gasteiger partial charge is 0.182 e. The first-order chi connectivity index (χ1) is 66.8. The van der Waals surface area contributed by atoms with Gasteiger partial charge in [-0.1, -0.05) is 206 Å². The second kappa shape index (κ2) is 40.9. The predicted molar refractivity (Wildman–Crippen MR) is 539 cm³/mol. The summed E-state index contributed by atoms with van der Waals surface area (Å²) in [5.41, 5.74) is 19.5. The molecule has 0 aliphatic carbocycles. The fourth-order valence-electron chi connectivity index (χ4n) is 15.2. The number of hydrogen-bond donors (Lipinski definition) is 0. The number of benzene rings is 10. The van der Waals surface area contributed by atoms with Crippen LogP contribution >= 0.6 is 11.3 Å². The molecule has 652 valence electrons. The van der Waals surface area contributed by atoms with Gasteiger partial charge in [0.1, 0.15) is 51.7 Å². The molecule has 10 aromatic carbocycles. The van der Waals surface area contributed by atoms with Crippen molar-refractivity contribution < 1.29 is 4.42 Å². The van der Waals surface area contributed by atoms with Crippen LogP contribution in [-0.4, -0.2) is 110 Å². The molecule has 23 nitrogen and oxygen atoms in total. The molecule has 0 unspecified atom stereocenters. The molecule has 24 aromatic rings. The van der Waals surface area contributed by atoms with Crippen molar-refractivity contribution in [2.75, 3.05) is 0 Å². The van der Waals surface area contributed by atoms with Crippen LogP contribution in [0, 0.1) is 41.5 Å². The summed E-state index contributed by atoms with van der Waals surface area (Å²) in [4.78, 5) is 97.0. The average molecular weight is 1780 g/mol. The normalized spacial score (nSPS) is 10.9. The predicted octanol–water partition coefficient (Wildman–Crippen LogP) is 25.2. The maximum Gasteiger partial charge on any atom is 0.182 e. The molecule has 14 heterocycles. The second-order valence-corrected chi connectivity index (χ2v) is 32.4. The zero-order chi connectivity index (χ0) is 92.5. The van der Waals surface area contributed by atoms with Gasteiger partial charge in [-0.05, 0) is 180 Å². The minimum Gasteiger partial charge on any atom is -0.456 e. The summed E-state index contributed by atoms with van der Waals surface area (Å²) in [6.45, 7) is 11.5. The highest BCUT2D eigenvalue weighted by Crippen LogP contribution is 2.39. The molecule has 0 spiro atoms. The number of furan rings is 1. The van der Waals surface area contributed by atoms with Crippen LogP contribution in [0.25, 0.3) is 200 Å². The van der Waals surface area contributed by atoms with Crippen molar-refractivity contribution in [2.45, 2.75) is 41.5 Å². The summed E-state index contributed by atoms with van der Waals surface area (Å²) in [5.74, 6) is 9.30. The van der Waals surface area contributed by atoms with Gasteiger partial charge < -0.3 is 4.42 Å². The Labute approximate surface area is 786 Å². The third-order valence-corrected chi connectivity index (χ3v) is 22.9. The quantitative estimate of drug-likeness (QED) is 0.110. The number of aromatic nitrogens is 22. The molecular formula is C112H82N22OS. The first-order valence-corrected chi connectivity index (χ1v) is 44.6. The summed E-state index contributed by atoms with van der Waals surface area (Å²) in [5, 5.41) is 7.02. The molecule has 0 amide bonds. The van der Waals surface area contributed by atoms with Crippen molar-refractivity contribution in [3.63, 3.8) is 0 Å². The monoisotopic (exact) mass is 1780 g/mol. The number of hydrogen-bond acceptors (Lipinski definition) is 24. The van der Waals surface area contributed by atoms with E-state index in [9.17, 15) is 0 Å². The lowest BCUT2D eigenvalue weighted by atomic mass is 10.0. The molecule has 0 bridgehead atoms. The van der Waals surface area contributed by atoms with Crippen molar-refractivity contribution in [1.82, 2.24) is 110 Å². The Morgan fingerprint density at radius 3 is 1.04 bits per heavy atom. The molecule has 0 aliphatic heterocycles. The van der Waals surface area contributed by atoms with E-state index in [0.29, 0.717) is 69.9 Å². The molecule has 0 fully saturated rings. The van der Waals surface area contributed by atoms with Gasteiger partial charge in [-0.25, -0.2) is 79.7 Å².